The summed E-state index contributed by atoms with van der Waals surface area (Å²) in [7, 11) is 1.56. The molecule has 0 amide bonds. The van der Waals surface area contributed by atoms with E-state index in [9.17, 15) is 0 Å². The van der Waals surface area contributed by atoms with Crippen LogP contribution in [0.1, 0.15) is 47.0 Å². The third-order valence-electron chi connectivity index (χ3n) is 3.30. The lowest BCUT2D eigenvalue weighted by Gasteiger charge is -2.28. The molecule has 2 N–H and O–H groups in total. The van der Waals surface area contributed by atoms with Crippen molar-refractivity contribution in [3.63, 3.8) is 0 Å². The van der Waals surface area contributed by atoms with E-state index in [4.69, 9.17) is 4.74 Å². The van der Waals surface area contributed by atoms with Crippen molar-refractivity contribution in [1.29, 1.82) is 0 Å². The van der Waals surface area contributed by atoms with Crippen molar-refractivity contribution in [2.24, 2.45) is 0 Å². The summed E-state index contributed by atoms with van der Waals surface area (Å²) in [5.74, 6) is 1.10. The maximum absolute atomic E-state index is 5.12. The van der Waals surface area contributed by atoms with E-state index < -0.39 is 0 Å². The highest BCUT2D eigenvalue weighted by Gasteiger charge is 2.21. The molecule has 19 heavy (non-hydrogen) atoms. The molecule has 0 unspecified atom stereocenters. The summed E-state index contributed by atoms with van der Waals surface area (Å²) in [4.78, 5) is 12.8. The van der Waals surface area contributed by atoms with E-state index >= 15 is 0 Å². The minimum atomic E-state index is -0.0195. The largest absolute Gasteiger partial charge is 0.467 e. The molecule has 6 nitrogen and oxygen atoms in total. The third kappa shape index (κ3) is 4.54. The molecule has 1 rings (SSSR count). The molecule has 0 fully saturated rings. The van der Waals surface area contributed by atoms with Crippen LogP contribution in [0.3, 0.4) is 0 Å². The molecule has 0 aromatic carbocycles. The maximum atomic E-state index is 5.12. The zero-order valence-corrected chi connectivity index (χ0v) is 12.6. The molecule has 0 spiro atoms. The van der Waals surface area contributed by atoms with Gasteiger partial charge in [-0.25, -0.2) is 0 Å². The fourth-order valence-electron chi connectivity index (χ4n) is 1.52. The number of methoxy groups -OCH3 is 1. The molecular formula is C13H25N5O. The van der Waals surface area contributed by atoms with Crippen LogP contribution in [0.2, 0.25) is 0 Å². The Kier molecular flexibility index (Phi) is 5.79. The highest BCUT2D eigenvalue weighted by Crippen LogP contribution is 2.21. The van der Waals surface area contributed by atoms with Crippen molar-refractivity contribution in [2.75, 3.05) is 24.3 Å². The van der Waals surface area contributed by atoms with Gasteiger partial charge in [0.05, 0.1) is 7.11 Å². The third-order valence-corrected chi connectivity index (χ3v) is 3.30. The van der Waals surface area contributed by atoms with Crippen molar-refractivity contribution in [2.45, 2.75) is 52.5 Å². The van der Waals surface area contributed by atoms with Gasteiger partial charge in [-0.3, -0.25) is 0 Å². The van der Waals surface area contributed by atoms with Crippen LogP contribution in [0.15, 0.2) is 0 Å². The Morgan fingerprint density at radius 2 is 1.68 bits per heavy atom. The molecule has 0 aliphatic heterocycles. The second-order valence-electron chi connectivity index (χ2n) is 4.79. The standard InChI is InChI=1S/C13H25N5O/c1-6-9-14-10-15-11(17-12(16-10)19-5)18-13(4,7-2)8-3/h6-9H2,1-5H3,(H2,14,15,16,17,18). The molecule has 0 aliphatic carbocycles. The minimum Gasteiger partial charge on any atom is -0.467 e. The Hall–Kier alpha value is -1.59. The first kappa shape index (κ1) is 15.5. The van der Waals surface area contributed by atoms with Gasteiger partial charge < -0.3 is 15.4 Å². The van der Waals surface area contributed by atoms with Gasteiger partial charge in [-0.1, -0.05) is 20.8 Å². The number of anilines is 2. The topological polar surface area (TPSA) is 72.0 Å². The van der Waals surface area contributed by atoms with E-state index in [-0.39, 0.29) is 5.54 Å². The van der Waals surface area contributed by atoms with Crippen LogP contribution >= 0.6 is 0 Å². The van der Waals surface area contributed by atoms with Crippen molar-refractivity contribution in [3.05, 3.63) is 0 Å². The van der Waals surface area contributed by atoms with Crippen molar-refractivity contribution < 1.29 is 4.74 Å². The Bertz CT molecular complexity index is 393. The average Bonchev–Trinajstić information content (AvgIpc) is 2.44. The number of nitrogens with zero attached hydrogens (tertiary/aromatic N) is 3. The molecule has 1 aromatic rings. The summed E-state index contributed by atoms with van der Waals surface area (Å²) >= 11 is 0. The number of nitrogens with one attached hydrogen (secondary N) is 2. The molecule has 0 bridgehead atoms. The van der Waals surface area contributed by atoms with Crippen LogP contribution in [0.4, 0.5) is 11.9 Å². The second kappa shape index (κ2) is 7.11. The Labute approximate surface area is 115 Å². The van der Waals surface area contributed by atoms with Gasteiger partial charge in [0, 0.05) is 12.1 Å². The van der Waals surface area contributed by atoms with E-state index in [0.29, 0.717) is 17.9 Å². The van der Waals surface area contributed by atoms with Crippen LogP contribution in [0, 0.1) is 0 Å². The molecule has 108 valence electrons. The van der Waals surface area contributed by atoms with E-state index in [0.717, 1.165) is 25.8 Å². The smallest absolute Gasteiger partial charge is 0.322 e. The lowest BCUT2D eigenvalue weighted by Crippen LogP contribution is -2.34. The fraction of sp³-hybridized carbons (Fsp3) is 0.769. The minimum absolute atomic E-state index is 0.0195. The van der Waals surface area contributed by atoms with E-state index in [1.165, 1.54) is 0 Å². The number of rotatable bonds is 8. The van der Waals surface area contributed by atoms with Crippen LogP contribution in [0.5, 0.6) is 6.01 Å². The van der Waals surface area contributed by atoms with Gasteiger partial charge >= 0.3 is 6.01 Å². The monoisotopic (exact) mass is 267 g/mol. The van der Waals surface area contributed by atoms with Gasteiger partial charge in [-0.05, 0) is 26.2 Å². The number of aromatic nitrogens is 3. The SMILES string of the molecule is CCCNc1nc(NC(C)(CC)CC)nc(OC)n1. The maximum Gasteiger partial charge on any atom is 0.322 e. The van der Waals surface area contributed by atoms with Crippen LogP contribution < -0.4 is 15.4 Å². The Balaban J connectivity index is 2.92. The Morgan fingerprint density at radius 3 is 2.21 bits per heavy atom. The van der Waals surface area contributed by atoms with Crippen molar-refractivity contribution in [3.8, 4) is 6.01 Å². The quantitative estimate of drug-likeness (QED) is 0.754. The summed E-state index contributed by atoms with van der Waals surface area (Å²) in [6.45, 7) is 9.36. The number of hydrogen-bond acceptors (Lipinski definition) is 6. The predicted molar refractivity (Wildman–Crippen MR) is 77.8 cm³/mol. The lowest BCUT2D eigenvalue weighted by molar-refractivity contribution is 0.378. The van der Waals surface area contributed by atoms with Gasteiger partial charge in [0.25, 0.3) is 0 Å². The highest BCUT2D eigenvalue weighted by molar-refractivity contribution is 5.37. The molecule has 0 aliphatic rings. The number of ether oxygens (including phenoxy) is 1. The molecular weight excluding hydrogens is 242 g/mol. The summed E-state index contributed by atoms with van der Waals surface area (Å²) in [6.07, 6.45) is 3.00. The van der Waals surface area contributed by atoms with Crippen molar-refractivity contribution >= 4 is 11.9 Å². The molecule has 1 aromatic heterocycles. The first-order chi connectivity index (χ1) is 9.06. The fourth-order valence-corrected chi connectivity index (χ4v) is 1.52. The Morgan fingerprint density at radius 1 is 1.05 bits per heavy atom. The normalized spacial score (nSPS) is 11.2. The molecule has 6 heteroatoms. The number of hydrogen-bond donors (Lipinski definition) is 2. The van der Waals surface area contributed by atoms with Crippen LogP contribution in [-0.2, 0) is 0 Å². The molecule has 0 radical (unpaired) electrons. The van der Waals surface area contributed by atoms with Gasteiger partial charge in [0.2, 0.25) is 11.9 Å². The second-order valence-corrected chi connectivity index (χ2v) is 4.79. The van der Waals surface area contributed by atoms with E-state index in [2.05, 4.69) is 53.3 Å². The van der Waals surface area contributed by atoms with Crippen molar-refractivity contribution in [1.82, 2.24) is 15.0 Å². The van der Waals surface area contributed by atoms with Gasteiger partial charge in [-0.2, -0.15) is 15.0 Å². The molecule has 0 atom stereocenters. The van der Waals surface area contributed by atoms with Crippen LogP contribution in [-0.4, -0.2) is 34.1 Å². The first-order valence-electron chi connectivity index (χ1n) is 6.89. The van der Waals surface area contributed by atoms with Gasteiger partial charge in [0.1, 0.15) is 0 Å². The van der Waals surface area contributed by atoms with E-state index in [1.807, 2.05) is 0 Å². The summed E-state index contributed by atoms with van der Waals surface area (Å²) in [6, 6.07) is 0.325. The van der Waals surface area contributed by atoms with E-state index in [1.54, 1.807) is 7.11 Å². The van der Waals surface area contributed by atoms with Gasteiger partial charge in [-0.15, -0.1) is 0 Å². The highest BCUT2D eigenvalue weighted by atomic mass is 16.5. The lowest BCUT2D eigenvalue weighted by atomic mass is 9.96. The summed E-state index contributed by atoms with van der Waals surface area (Å²) in [5, 5.41) is 6.51. The average molecular weight is 267 g/mol. The van der Waals surface area contributed by atoms with Crippen LogP contribution in [0.25, 0.3) is 0 Å². The summed E-state index contributed by atoms with van der Waals surface area (Å²) < 4.78 is 5.12. The summed E-state index contributed by atoms with van der Waals surface area (Å²) in [5.41, 5.74) is -0.0195. The first-order valence-corrected chi connectivity index (χ1v) is 6.89. The zero-order chi connectivity index (χ0) is 14.3. The molecule has 1 heterocycles. The predicted octanol–water partition coefficient (Wildman–Crippen LogP) is 2.69. The van der Waals surface area contributed by atoms with Gasteiger partial charge in [0.15, 0.2) is 0 Å². The zero-order valence-electron chi connectivity index (χ0n) is 12.6. The molecule has 0 saturated carbocycles. The molecule has 0 saturated heterocycles.